The van der Waals surface area contributed by atoms with Gasteiger partial charge in [-0.2, -0.15) is 0 Å². The lowest BCUT2D eigenvalue weighted by molar-refractivity contribution is 1.82. The van der Waals surface area contributed by atoms with Gasteiger partial charge in [0, 0.05) is 121 Å². The Balaban J connectivity index is 0.888. The zero-order valence-corrected chi connectivity index (χ0v) is 69.3. The van der Waals surface area contributed by atoms with Crippen molar-refractivity contribution < 1.29 is 0 Å². The van der Waals surface area contributed by atoms with Crippen LogP contribution in [0.2, 0.25) is 0 Å². The summed E-state index contributed by atoms with van der Waals surface area (Å²) >= 11 is 60.0. The van der Waals surface area contributed by atoms with Crippen molar-refractivity contribution in [1.29, 1.82) is 0 Å². The van der Waals surface area contributed by atoms with E-state index >= 15 is 0 Å². The largest absolute Gasteiger partial charge is 0.134 e. The van der Waals surface area contributed by atoms with Crippen molar-refractivity contribution in [1.82, 2.24) is 0 Å². The molecule has 434 valence electrons. The Labute approximate surface area is 636 Å². The van der Waals surface area contributed by atoms with Crippen molar-refractivity contribution in [2.24, 2.45) is 0 Å². The standard InChI is InChI=1S/C64H26Br8S16/c65-51-13-5-35(75-51)28-21-45(83-59(28)41-9-17-55(69)79-41)39-3-1-33(73-39)27-23-48(47-24-30(37-7-15-53(67)77-37)61(85-47)43-11-19-57(71)81-43)86-63(27)49-25-31(64(88-49)50-26-32(38-8-16-54(68)78-38)62(87-50)44-12-20-58(72)82-44)34-2-4-40(74-34)46-22-29(36-6-14-52(66)76-36)60(84-46)42-10-18-56(70)80-42/h1-26H. The third-order valence-electron chi connectivity index (χ3n) is 13.9. The van der Waals surface area contributed by atoms with Crippen LogP contribution < -0.4 is 0 Å². The lowest BCUT2D eigenvalue weighted by Crippen LogP contribution is -1.72. The summed E-state index contributed by atoms with van der Waals surface area (Å²) in [6.45, 7) is 0. The van der Waals surface area contributed by atoms with Crippen molar-refractivity contribution in [3.63, 3.8) is 0 Å². The summed E-state index contributed by atoms with van der Waals surface area (Å²) in [7, 11) is 0. The van der Waals surface area contributed by atoms with Crippen LogP contribution >= 0.6 is 309 Å². The molecule has 16 rings (SSSR count). The van der Waals surface area contributed by atoms with E-state index in [0.29, 0.717) is 0 Å². The summed E-state index contributed by atoms with van der Waals surface area (Å²) in [6, 6.07) is 59.6. The minimum absolute atomic E-state index is 1.12. The van der Waals surface area contributed by atoms with E-state index < -0.39 is 0 Å². The van der Waals surface area contributed by atoms with Crippen LogP contribution in [0.4, 0.5) is 0 Å². The van der Waals surface area contributed by atoms with Crippen LogP contribution in [0, 0.1) is 0 Å². The summed E-state index contributed by atoms with van der Waals surface area (Å²) in [4.78, 5) is 30.5. The second-order valence-corrected chi connectivity index (χ2v) is 47.5. The number of hydrogen-bond acceptors (Lipinski definition) is 16. The molecule has 0 saturated carbocycles. The molecule has 16 aromatic rings. The molecule has 0 spiro atoms. The normalized spacial score (nSPS) is 11.9. The van der Waals surface area contributed by atoms with Crippen LogP contribution in [0.15, 0.2) is 188 Å². The van der Waals surface area contributed by atoms with Gasteiger partial charge in [0.15, 0.2) is 0 Å². The van der Waals surface area contributed by atoms with Gasteiger partial charge in [-0.3, -0.25) is 0 Å². The molecule has 0 unspecified atom stereocenters. The second kappa shape index (κ2) is 25.9. The Kier molecular flexibility index (Phi) is 18.2. The Morgan fingerprint density at radius 2 is 0.295 bits per heavy atom. The van der Waals surface area contributed by atoms with Crippen LogP contribution in [0.1, 0.15) is 0 Å². The summed E-state index contributed by atoms with van der Waals surface area (Å²) in [5, 5.41) is 0. The molecule has 0 aliphatic heterocycles. The Bertz CT molecular complexity index is 5030. The first-order valence-corrected chi connectivity index (χ1v) is 45.3. The first kappa shape index (κ1) is 61.9. The quantitative estimate of drug-likeness (QED) is 0.0960. The van der Waals surface area contributed by atoms with E-state index in [-0.39, 0.29) is 0 Å². The van der Waals surface area contributed by atoms with E-state index in [0.717, 1.165) is 30.3 Å². The molecular formula is C64H26Br8S16. The van der Waals surface area contributed by atoms with Crippen molar-refractivity contribution in [3.8, 4) is 150 Å². The molecule has 0 aromatic carbocycles. The summed E-state index contributed by atoms with van der Waals surface area (Å²) in [5.74, 6) is 0. The highest BCUT2D eigenvalue weighted by molar-refractivity contribution is 9.12. The van der Waals surface area contributed by atoms with E-state index in [9.17, 15) is 0 Å². The minimum Gasteiger partial charge on any atom is -0.134 e. The molecule has 16 heterocycles. The van der Waals surface area contributed by atoms with Gasteiger partial charge in [-0.1, -0.05) is 0 Å². The molecule has 0 atom stereocenters. The predicted octanol–water partition coefficient (Wildman–Crippen LogP) is 33.8. The Hall–Kier alpha value is -0.960. The Morgan fingerprint density at radius 1 is 0.136 bits per heavy atom. The molecule has 16 aromatic heterocycles. The van der Waals surface area contributed by atoms with E-state index in [1.807, 2.05) is 90.7 Å². The first-order chi connectivity index (χ1) is 42.7. The van der Waals surface area contributed by atoms with Gasteiger partial charge in [0.2, 0.25) is 0 Å². The van der Waals surface area contributed by atoms with Gasteiger partial charge in [0.1, 0.15) is 0 Å². The molecule has 0 saturated heterocycles. The number of halogens is 8. The zero-order chi connectivity index (χ0) is 59.6. The molecule has 0 aliphatic carbocycles. The fraction of sp³-hybridized carbons (Fsp3) is 0. The minimum atomic E-state index is 1.12. The smallest absolute Gasteiger partial charge is 0.0705 e. The predicted molar refractivity (Wildman–Crippen MR) is 436 cm³/mol. The van der Waals surface area contributed by atoms with Gasteiger partial charge in [-0.25, -0.2) is 0 Å². The summed E-state index contributed by atoms with van der Waals surface area (Å²) in [6.07, 6.45) is 0. The fourth-order valence-electron chi connectivity index (χ4n) is 10.1. The first-order valence-electron chi connectivity index (χ1n) is 25.9. The number of thiophene rings is 16. The molecule has 0 N–H and O–H groups in total. The number of hydrogen-bond donors (Lipinski definition) is 0. The average molecular weight is 1950 g/mol. The maximum atomic E-state index is 3.83. The third kappa shape index (κ3) is 12.3. The SMILES string of the molecule is Brc1ccc(-c2cc(-c3ccc(-c4cc(-c5cc(-c6ccc(Br)s6)c(-c6ccc(Br)s6)s5)sc4-c4cc(-c5ccc(-c6cc(-c7ccc(Br)s7)c(-c7ccc(Br)s7)s6)s5)c(-c5cc(-c6ccc(Br)s6)c(-c6ccc(Br)s6)s5)s4)s3)sc2-c2ccc(Br)s2)s1. The maximum absolute atomic E-state index is 3.83. The maximum Gasteiger partial charge on any atom is 0.0705 e. The zero-order valence-electron chi connectivity index (χ0n) is 43.6. The topological polar surface area (TPSA) is 0 Å². The fourth-order valence-corrected chi connectivity index (χ4v) is 31.7. The van der Waals surface area contributed by atoms with E-state index in [4.69, 9.17) is 0 Å². The molecule has 0 bridgehead atoms. The van der Waals surface area contributed by atoms with Gasteiger partial charge < -0.3 is 0 Å². The molecule has 0 amide bonds. The highest BCUT2D eigenvalue weighted by atomic mass is 79.9. The molecule has 88 heavy (non-hydrogen) atoms. The van der Waals surface area contributed by atoms with Gasteiger partial charge >= 0.3 is 0 Å². The molecule has 0 aliphatic rings. The highest BCUT2D eigenvalue weighted by Crippen LogP contribution is 2.60. The molecule has 0 fully saturated rings. The number of rotatable bonds is 15. The monoisotopic (exact) mass is 1940 g/mol. The van der Waals surface area contributed by atoms with Gasteiger partial charge in [0.25, 0.3) is 0 Å². The lowest BCUT2D eigenvalue weighted by Gasteiger charge is -1.99. The van der Waals surface area contributed by atoms with Crippen molar-refractivity contribution in [2.45, 2.75) is 0 Å². The summed E-state index contributed by atoms with van der Waals surface area (Å²) in [5.41, 5.74) is 7.61. The highest BCUT2D eigenvalue weighted by Gasteiger charge is 2.28. The second-order valence-electron chi connectivity index (χ2n) is 19.3. The van der Waals surface area contributed by atoms with Crippen LogP contribution in [-0.2, 0) is 0 Å². The summed E-state index contributed by atoms with van der Waals surface area (Å²) < 4.78 is 9.03. The van der Waals surface area contributed by atoms with E-state index in [1.54, 1.807) is 90.7 Å². The molecular weight excluding hydrogens is 1920 g/mol. The van der Waals surface area contributed by atoms with Crippen LogP contribution in [0.5, 0.6) is 0 Å². The Morgan fingerprint density at radius 3 is 0.523 bits per heavy atom. The van der Waals surface area contributed by atoms with Gasteiger partial charge in [0.05, 0.1) is 59.6 Å². The van der Waals surface area contributed by atoms with Crippen molar-refractivity contribution in [3.05, 3.63) is 188 Å². The van der Waals surface area contributed by atoms with Crippen LogP contribution in [0.3, 0.4) is 0 Å². The van der Waals surface area contributed by atoms with E-state index in [1.165, 1.54) is 150 Å². The molecule has 0 radical (unpaired) electrons. The average Bonchev–Trinajstić information content (AvgIpc) is 1.69. The van der Waals surface area contributed by atoms with Crippen LogP contribution in [0.25, 0.3) is 150 Å². The van der Waals surface area contributed by atoms with Crippen molar-refractivity contribution in [2.75, 3.05) is 0 Å². The van der Waals surface area contributed by atoms with E-state index in [2.05, 4.69) is 285 Å². The molecule has 0 nitrogen and oxygen atoms in total. The molecule has 24 heteroatoms. The van der Waals surface area contributed by atoms with Crippen molar-refractivity contribution >= 4 is 309 Å². The van der Waals surface area contributed by atoms with Gasteiger partial charge in [-0.15, -0.1) is 181 Å². The third-order valence-corrected chi connectivity index (χ3v) is 37.7. The lowest BCUT2D eigenvalue weighted by atomic mass is 10.1. The van der Waals surface area contributed by atoms with Gasteiger partial charge in [-0.05, 0) is 285 Å². The van der Waals surface area contributed by atoms with Crippen LogP contribution in [-0.4, -0.2) is 0 Å².